The molecular weight excluding hydrogens is 202 g/mol. The minimum absolute atomic E-state index is 0.108. The molecule has 90 valence electrons. The van der Waals surface area contributed by atoms with Gasteiger partial charge in [0, 0.05) is 5.41 Å². The lowest BCUT2D eigenvalue weighted by molar-refractivity contribution is 0.291. The van der Waals surface area contributed by atoms with Crippen LogP contribution in [0.3, 0.4) is 0 Å². The molecule has 2 rings (SSSR count). The Morgan fingerprint density at radius 3 is 2.56 bits per heavy atom. The Bertz CT molecular complexity index is 380. The first-order valence-corrected chi connectivity index (χ1v) is 5.97. The molecule has 1 aromatic heterocycles. The summed E-state index contributed by atoms with van der Waals surface area (Å²) in [6.45, 7) is 8.35. The summed E-state index contributed by atoms with van der Waals surface area (Å²) in [5.41, 5.74) is 5.91. The first kappa shape index (κ1) is 11.6. The number of aromatic nitrogens is 2. The van der Waals surface area contributed by atoms with Crippen LogP contribution in [-0.2, 0) is 11.0 Å². The molecule has 0 spiro atoms. The Morgan fingerprint density at radius 1 is 1.44 bits per heavy atom. The maximum Gasteiger partial charge on any atom is 0.232 e. The number of rotatable bonds is 1. The van der Waals surface area contributed by atoms with Gasteiger partial charge < -0.3 is 10.3 Å². The molecule has 0 bridgehead atoms. The summed E-state index contributed by atoms with van der Waals surface area (Å²) in [5, 5.41) is 4.08. The van der Waals surface area contributed by atoms with Crippen molar-refractivity contribution in [1.29, 1.82) is 0 Å². The van der Waals surface area contributed by atoms with E-state index >= 15 is 0 Å². The highest BCUT2D eigenvalue weighted by atomic mass is 16.5. The third-order valence-electron chi connectivity index (χ3n) is 3.59. The predicted molar refractivity (Wildman–Crippen MR) is 61.9 cm³/mol. The van der Waals surface area contributed by atoms with Crippen molar-refractivity contribution in [3.63, 3.8) is 0 Å². The Morgan fingerprint density at radius 2 is 2.12 bits per heavy atom. The first-order chi connectivity index (χ1) is 7.34. The quantitative estimate of drug-likeness (QED) is 0.793. The van der Waals surface area contributed by atoms with Gasteiger partial charge in [-0.05, 0) is 18.8 Å². The monoisotopic (exact) mass is 223 g/mol. The number of nitrogens with zero attached hydrogens (tertiary/aromatic N) is 2. The van der Waals surface area contributed by atoms with Crippen molar-refractivity contribution in [2.45, 2.75) is 57.9 Å². The van der Waals surface area contributed by atoms with E-state index in [0.29, 0.717) is 17.6 Å². The fourth-order valence-corrected chi connectivity index (χ4v) is 2.25. The minimum Gasteiger partial charge on any atom is -0.339 e. The van der Waals surface area contributed by atoms with Crippen LogP contribution < -0.4 is 5.73 Å². The highest BCUT2D eigenvalue weighted by molar-refractivity contribution is 5.11. The van der Waals surface area contributed by atoms with E-state index in [2.05, 4.69) is 37.8 Å². The molecule has 0 saturated heterocycles. The molecule has 2 unspecified atom stereocenters. The van der Waals surface area contributed by atoms with Crippen LogP contribution in [0.15, 0.2) is 4.52 Å². The topological polar surface area (TPSA) is 64.9 Å². The summed E-state index contributed by atoms with van der Waals surface area (Å²) in [4.78, 5) is 4.48. The zero-order valence-corrected chi connectivity index (χ0v) is 10.6. The second kappa shape index (κ2) is 3.55. The van der Waals surface area contributed by atoms with Crippen molar-refractivity contribution >= 4 is 0 Å². The summed E-state index contributed by atoms with van der Waals surface area (Å²) < 4.78 is 5.31. The van der Waals surface area contributed by atoms with Crippen LogP contribution >= 0.6 is 0 Å². The average molecular weight is 223 g/mol. The first-order valence-electron chi connectivity index (χ1n) is 5.97. The van der Waals surface area contributed by atoms with Gasteiger partial charge in [0.2, 0.25) is 5.89 Å². The summed E-state index contributed by atoms with van der Waals surface area (Å²) in [5.74, 6) is 1.78. The van der Waals surface area contributed by atoms with E-state index in [1.165, 1.54) is 0 Å². The molecule has 1 aliphatic carbocycles. The van der Waals surface area contributed by atoms with Crippen LogP contribution in [0.2, 0.25) is 0 Å². The van der Waals surface area contributed by atoms with Crippen LogP contribution in [0.25, 0.3) is 0 Å². The van der Waals surface area contributed by atoms with Gasteiger partial charge in [0.15, 0.2) is 5.82 Å². The second-order valence-corrected chi connectivity index (χ2v) is 6.01. The molecule has 0 aliphatic heterocycles. The van der Waals surface area contributed by atoms with Gasteiger partial charge in [0.05, 0.1) is 5.54 Å². The van der Waals surface area contributed by atoms with Crippen molar-refractivity contribution in [3.8, 4) is 0 Å². The maximum atomic E-state index is 6.40. The molecule has 1 saturated carbocycles. The average Bonchev–Trinajstić information content (AvgIpc) is 2.74. The minimum atomic E-state index is -0.382. The molecule has 16 heavy (non-hydrogen) atoms. The SMILES string of the molecule is CC1CCCC1(N)c1noc(C(C)(C)C)n1. The fraction of sp³-hybridized carbons (Fsp3) is 0.833. The summed E-state index contributed by atoms with van der Waals surface area (Å²) >= 11 is 0. The van der Waals surface area contributed by atoms with Crippen molar-refractivity contribution in [2.75, 3.05) is 0 Å². The zero-order valence-electron chi connectivity index (χ0n) is 10.6. The van der Waals surface area contributed by atoms with E-state index in [1.807, 2.05) is 0 Å². The van der Waals surface area contributed by atoms with E-state index < -0.39 is 0 Å². The fourth-order valence-electron chi connectivity index (χ4n) is 2.25. The molecule has 1 heterocycles. The third-order valence-corrected chi connectivity index (χ3v) is 3.59. The lowest BCUT2D eigenvalue weighted by atomic mass is 9.88. The van der Waals surface area contributed by atoms with Crippen LogP contribution in [0.5, 0.6) is 0 Å². The number of hydrogen-bond acceptors (Lipinski definition) is 4. The van der Waals surface area contributed by atoms with Crippen LogP contribution in [-0.4, -0.2) is 10.1 Å². The number of hydrogen-bond donors (Lipinski definition) is 1. The molecule has 0 radical (unpaired) electrons. The van der Waals surface area contributed by atoms with E-state index in [9.17, 15) is 0 Å². The molecule has 4 nitrogen and oxygen atoms in total. The molecule has 1 aromatic rings. The van der Waals surface area contributed by atoms with Gasteiger partial charge in [-0.15, -0.1) is 0 Å². The van der Waals surface area contributed by atoms with Crippen molar-refractivity contribution in [3.05, 3.63) is 11.7 Å². The second-order valence-electron chi connectivity index (χ2n) is 6.01. The number of nitrogens with two attached hydrogens (primary N) is 1. The van der Waals surface area contributed by atoms with E-state index in [-0.39, 0.29) is 11.0 Å². The molecule has 4 heteroatoms. The molecule has 1 aliphatic rings. The smallest absolute Gasteiger partial charge is 0.232 e. The van der Waals surface area contributed by atoms with Crippen LogP contribution in [0.1, 0.15) is 58.7 Å². The van der Waals surface area contributed by atoms with Crippen molar-refractivity contribution in [1.82, 2.24) is 10.1 Å². The van der Waals surface area contributed by atoms with E-state index in [0.717, 1.165) is 19.3 Å². The Labute approximate surface area is 96.6 Å². The van der Waals surface area contributed by atoms with E-state index in [1.54, 1.807) is 0 Å². The molecule has 0 amide bonds. The summed E-state index contributed by atoms with van der Waals surface area (Å²) in [7, 11) is 0. The Balaban J connectivity index is 2.32. The van der Waals surface area contributed by atoms with Gasteiger partial charge >= 0.3 is 0 Å². The zero-order chi connectivity index (χ0) is 12.0. The standard InChI is InChI=1S/C12H21N3O/c1-8-6-5-7-12(8,13)9-14-10(16-15-9)11(2,3)4/h8H,5-7,13H2,1-4H3. The molecule has 2 atom stereocenters. The normalized spacial score (nSPS) is 30.9. The summed E-state index contributed by atoms with van der Waals surface area (Å²) in [6, 6.07) is 0. The molecule has 1 fully saturated rings. The highest BCUT2D eigenvalue weighted by Crippen LogP contribution is 2.40. The Kier molecular flexibility index (Phi) is 2.57. The Hall–Kier alpha value is -0.900. The maximum absolute atomic E-state index is 6.40. The van der Waals surface area contributed by atoms with Gasteiger partial charge in [-0.25, -0.2) is 0 Å². The lowest BCUT2D eigenvalue weighted by Gasteiger charge is -2.24. The lowest BCUT2D eigenvalue weighted by Crippen LogP contribution is -2.40. The van der Waals surface area contributed by atoms with Crippen LogP contribution in [0, 0.1) is 5.92 Å². The van der Waals surface area contributed by atoms with Gasteiger partial charge in [-0.3, -0.25) is 0 Å². The van der Waals surface area contributed by atoms with Gasteiger partial charge in [-0.2, -0.15) is 4.98 Å². The molecule has 0 aromatic carbocycles. The predicted octanol–water partition coefficient (Wildman–Crippen LogP) is 2.34. The third kappa shape index (κ3) is 1.75. The summed E-state index contributed by atoms with van der Waals surface area (Å²) in [6.07, 6.45) is 3.25. The largest absolute Gasteiger partial charge is 0.339 e. The van der Waals surface area contributed by atoms with Gasteiger partial charge in [0.1, 0.15) is 0 Å². The highest BCUT2D eigenvalue weighted by Gasteiger charge is 2.42. The van der Waals surface area contributed by atoms with Gasteiger partial charge in [-0.1, -0.05) is 39.3 Å². The van der Waals surface area contributed by atoms with Crippen LogP contribution in [0.4, 0.5) is 0 Å². The van der Waals surface area contributed by atoms with Crippen molar-refractivity contribution < 1.29 is 4.52 Å². The molecule has 2 N–H and O–H groups in total. The molecular formula is C12H21N3O. The van der Waals surface area contributed by atoms with Crippen molar-refractivity contribution in [2.24, 2.45) is 11.7 Å². The van der Waals surface area contributed by atoms with E-state index in [4.69, 9.17) is 10.3 Å². The van der Waals surface area contributed by atoms with Gasteiger partial charge in [0.25, 0.3) is 0 Å².